The minimum absolute atomic E-state index is 0.176. The molecule has 1 saturated carbocycles. The van der Waals surface area contributed by atoms with Crippen molar-refractivity contribution in [2.75, 3.05) is 13.7 Å². The summed E-state index contributed by atoms with van der Waals surface area (Å²) in [4.78, 5) is 12.5. The van der Waals surface area contributed by atoms with E-state index >= 15 is 0 Å². The number of aryl methyl sites for hydroxylation is 1. The SMILES string of the molecule is COc1ccc(C(=O)C2CCC(CN)CC2)c(C)c1. The first kappa shape index (κ1) is 14.1. The summed E-state index contributed by atoms with van der Waals surface area (Å²) in [5.41, 5.74) is 7.54. The average molecular weight is 261 g/mol. The lowest BCUT2D eigenvalue weighted by Crippen LogP contribution is -2.26. The fourth-order valence-corrected chi connectivity index (χ4v) is 2.92. The van der Waals surface area contributed by atoms with Crippen molar-refractivity contribution in [2.45, 2.75) is 32.6 Å². The van der Waals surface area contributed by atoms with Crippen molar-refractivity contribution in [3.05, 3.63) is 29.3 Å². The highest BCUT2D eigenvalue weighted by atomic mass is 16.5. The number of nitrogens with two attached hydrogens (primary N) is 1. The van der Waals surface area contributed by atoms with E-state index < -0.39 is 0 Å². The van der Waals surface area contributed by atoms with Crippen molar-refractivity contribution in [2.24, 2.45) is 17.6 Å². The van der Waals surface area contributed by atoms with Crippen LogP contribution in [0.1, 0.15) is 41.6 Å². The minimum atomic E-state index is 0.176. The number of carbonyl (C=O) groups excluding carboxylic acids is 1. The smallest absolute Gasteiger partial charge is 0.166 e. The van der Waals surface area contributed by atoms with E-state index in [2.05, 4.69) is 0 Å². The van der Waals surface area contributed by atoms with Crippen LogP contribution in [0, 0.1) is 18.8 Å². The minimum Gasteiger partial charge on any atom is -0.497 e. The molecule has 2 N–H and O–H groups in total. The van der Waals surface area contributed by atoms with Crippen LogP contribution in [0.4, 0.5) is 0 Å². The zero-order valence-electron chi connectivity index (χ0n) is 11.8. The Morgan fingerprint density at radius 2 is 2.00 bits per heavy atom. The maximum atomic E-state index is 12.5. The highest BCUT2D eigenvalue weighted by molar-refractivity contribution is 5.99. The van der Waals surface area contributed by atoms with Crippen LogP contribution in [0.5, 0.6) is 5.75 Å². The van der Waals surface area contributed by atoms with Crippen LogP contribution in [0.2, 0.25) is 0 Å². The summed E-state index contributed by atoms with van der Waals surface area (Å²) in [5, 5.41) is 0. The van der Waals surface area contributed by atoms with E-state index in [4.69, 9.17) is 10.5 Å². The van der Waals surface area contributed by atoms with Crippen LogP contribution < -0.4 is 10.5 Å². The van der Waals surface area contributed by atoms with Crippen molar-refractivity contribution >= 4 is 5.78 Å². The normalized spacial score (nSPS) is 23.1. The number of hydrogen-bond donors (Lipinski definition) is 1. The van der Waals surface area contributed by atoms with Gasteiger partial charge in [0.1, 0.15) is 5.75 Å². The molecule has 0 heterocycles. The van der Waals surface area contributed by atoms with Crippen molar-refractivity contribution in [1.29, 1.82) is 0 Å². The first-order chi connectivity index (χ1) is 9.15. The Hall–Kier alpha value is -1.35. The van der Waals surface area contributed by atoms with Crippen molar-refractivity contribution in [3.63, 3.8) is 0 Å². The molecule has 1 aliphatic rings. The number of benzene rings is 1. The van der Waals surface area contributed by atoms with Crippen LogP contribution in [0.25, 0.3) is 0 Å². The van der Waals surface area contributed by atoms with Gasteiger partial charge in [0.05, 0.1) is 7.11 Å². The maximum Gasteiger partial charge on any atom is 0.166 e. The monoisotopic (exact) mass is 261 g/mol. The predicted molar refractivity (Wildman–Crippen MR) is 76.6 cm³/mol. The summed E-state index contributed by atoms with van der Waals surface area (Å²) >= 11 is 0. The highest BCUT2D eigenvalue weighted by Crippen LogP contribution is 2.31. The van der Waals surface area contributed by atoms with Crippen molar-refractivity contribution in [1.82, 2.24) is 0 Å². The third-order valence-corrected chi connectivity index (χ3v) is 4.25. The third kappa shape index (κ3) is 3.16. The Labute approximate surface area is 115 Å². The Morgan fingerprint density at radius 1 is 1.32 bits per heavy atom. The fraction of sp³-hybridized carbons (Fsp3) is 0.562. The lowest BCUT2D eigenvalue weighted by atomic mass is 9.78. The number of Topliss-reactive ketones (excluding diaryl/α,β-unsaturated/α-hetero) is 1. The number of carbonyl (C=O) groups is 1. The van der Waals surface area contributed by atoms with Gasteiger partial charge in [-0.05, 0) is 68.8 Å². The average Bonchev–Trinajstić information content (AvgIpc) is 2.46. The Balaban J connectivity index is 2.08. The van der Waals surface area contributed by atoms with Gasteiger partial charge in [-0.1, -0.05) is 0 Å². The molecule has 1 fully saturated rings. The van der Waals surface area contributed by atoms with Gasteiger partial charge < -0.3 is 10.5 Å². The molecule has 0 radical (unpaired) electrons. The van der Waals surface area contributed by atoms with Crippen molar-refractivity contribution < 1.29 is 9.53 Å². The summed E-state index contributed by atoms with van der Waals surface area (Å²) < 4.78 is 5.18. The molecule has 0 amide bonds. The second kappa shape index (κ2) is 6.20. The van der Waals surface area contributed by atoms with Crippen LogP contribution in [0.15, 0.2) is 18.2 Å². The van der Waals surface area contributed by atoms with Gasteiger partial charge in [0.2, 0.25) is 0 Å². The molecule has 1 aromatic rings. The van der Waals surface area contributed by atoms with E-state index in [-0.39, 0.29) is 11.7 Å². The summed E-state index contributed by atoms with van der Waals surface area (Å²) in [6.45, 7) is 2.73. The zero-order chi connectivity index (χ0) is 13.8. The number of methoxy groups -OCH3 is 1. The summed E-state index contributed by atoms with van der Waals surface area (Å²) in [6.07, 6.45) is 4.13. The Morgan fingerprint density at radius 3 is 2.53 bits per heavy atom. The van der Waals surface area contributed by atoms with Gasteiger partial charge in [0, 0.05) is 11.5 Å². The van der Waals surface area contributed by atoms with Crippen LogP contribution in [0.3, 0.4) is 0 Å². The van der Waals surface area contributed by atoms with E-state index in [9.17, 15) is 4.79 Å². The molecule has 0 atom stereocenters. The summed E-state index contributed by atoms with van der Waals surface area (Å²) in [6, 6.07) is 5.69. The topological polar surface area (TPSA) is 52.3 Å². The molecule has 0 bridgehead atoms. The zero-order valence-corrected chi connectivity index (χ0v) is 11.8. The number of rotatable bonds is 4. The molecule has 3 heteroatoms. The Bertz CT molecular complexity index is 448. The molecule has 1 aliphatic carbocycles. The van der Waals surface area contributed by atoms with Gasteiger partial charge in [0.15, 0.2) is 5.78 Å². The molecule has 0 aliphatic heterocycles. The maximum absolute atomic E-state index is 12.5. The lowest BCUT2D eigenvalue weighted by molar-refractivity contribution is 0.0873. The fourth-order valence-electron chi connectivity index (χ4n) is 2.92. The number of ketones is 1. The predicted octanol–water partition coefficient (Wildman–Crippen LogP) is 2.95. The summed E-state index contributed by atoms with van der Waals surface area (Å²) in [5.74, 6) is 1.88. The van der Waals surface area contributed by atoms with E-state index in [1.807, 2.05) is 25.1 Å². The lowest BCUT2D eigenvalue weighted by Gasteiger charge is -2.27. The van der Waals surface area contributed by atoms with Crippen LogP contribution in [-0.2, 0) is 0 Å². The molecule has 0 aromatic heterocycles. The molecule has 0 saturated heterocycles. The van der Waals surface area contributed by atoms with Gasteiger partial charge in [-0.2, -0.15) is 0 Å². The molecule has 0 unspecified atom stereocenters. The first-order valence-electron chi connectivity index (χ1n) is 7.04. The van der Waals surface area contributed by atoms with Crippen LogP contribution in [-0.4, -0.2) is 19.4 Å². The second-order valence-corrected chi connectivity index (χ2v) is 5.50. The van der Waals surface area contributed by atoms with Crippen LogP contribution >= 0.6 is 0 Å². The Kier molecular flexibility index (Phi) is 4.59. The van der Waals surface area contributed by atoms with Crippen molar-refractivity contribution in [3.8, 4) is 5.75 Å². The summed E-state index contributed by atoms with van der Waals surface area (Å²) in [7, 11) is 1.64. The number of hydrogen-bond acceptors (Lipinski definition) is 3. The first-order valence-corrected chi connectivity index (χ1v) is 7.04. The van der Waals surface area contributed by atoms with E-state index in [1.165, 1.54) is 0 Å². The molecular weight excluding hydrogens is 238 g/mol. The molecular formula is C16H23NO2. The standard InChI is InChI=1S/C16H23NO2/c1-11-9-14(19-2)7-8-15(11)16(18)13-5-3-12(10-17)4-6-13/h7-9,12-13H,3-6,10,17H2,1-2H3. The molecule has 0 spiro atoms. The molecule has 2 rings (SSSR count). The van der Waals surface area contributed by atoms with Gasteiger partial charge in [-0.25, -0.2) is 0 Å². The largest absolute Gasteiger partial charge is 0.497 e. The molecule has 1 aromatic carbocycles. The number of ether oxygens (including phenoxy) is 1. The molecule has 19 heavy (non-hydrogen) atoms. The molecule has 104 valence electrons. The van der Waals surface area contributed by atoms with E-state index in [0.29, 0.717) is 5.92 Å². The highest BCUT2D eigenvalue weighted by Gasteiger charge is 2.27. The van der Waals surface area contributed by atoms with E-state index in [0.717, 1.165) is 49.1 Å². The quantitative estimate of drug-likeness (QED) is 0.848. The van der Waals surface area contributed by atoms with Gasteiger partial charge in [-0.3, -0.25) is 4.79 Å². The third-order valence-electron chi connectivity index (χ3n) is 4.25. The molecule has 3 nitrogen and oxygen atoms in total. The van der Waals surface area contributed by atoms with E-state index in [1.54, 1.807) is 7.11 Å². The second-order valence-electron chi connectivity index (χ2n) is 5.50. The van der Waals surface area contributed by atoms with Gasteiger partial charge >= 0.3 is 0 Å². The van der Waals surface area contributed by atoms with Gasteiger partial charge in [-0.15, -0.1) is 0 Å². The van der Waals surface area contributed by atoms with Gasteiger partial charge in [0.25, 0.3) is 0 Å².